The largest absolute Gasteiger partial charge is 0.487 e. The monoisotopic (exact) mass is 253 g/mol. The molecule has 1 aromatic carbocycles. The molecular formula is C10H8BrNO2. The molecule has 0 amide bonds. The van der Waals surface area contributed by atoms with Crippen molar-refractivity contribution in [2.45, 2.75) is 6.61 Å². The number of ether oxygens (including phenoxy) is 1. The normalized spacial score (nSPS) is 10.1. The molecule has 0 bridgehead atoms. The minimum atomic E-state index is 0.429. The smallest absolute Gasteiger partial charge is 0.180 e. The molecule has 0 aliphatic rings. The van der Waals surface area contributed by atoms with Crippen LogP contribution in [0.3, 0.4) is 0 Å². The van der Waals surface area contributed by atoms with Crippen LogP contribution in [-0.4, -0.2) is 4.98 Å². The quantitative estimate of drug-likeness (QED) is 0.844. The van der Waals surface area contributed by atoms with E-state index in [4.69, 9.17) is 9.15 Å². The highest BCUT2D eigenvalue weighted by atomic mass is 79.9. The highest BCUT2D eigenvalue weighted by Gasteiger charge is 1.97. The van der Waals surface area contributed by atoms with E-state index < -0.39 is 0 Å². The van der Waals surface area contributed by atoms with Gasteiger partial charge < -0.3 is 9.15 Å². The Morgan fingerprint density at radius 1 is 1.29 bits per heavy atom. The molecule has 0 unspecified atom stereocenters. The Morgan fingerprint density at radius 3 is 2.71 bits per heavy atom. The molecule has 0 aliphatic heterocycles. The SMILES string of the molecule is Brc1ccc(OCc2cocn2)cc1. The average Bonchev–Trinajstić information content (AvgIpc) is 2.70. The second kappa shape index (κ2) is 4.28. The van der Waals surface area contributed by atoms with E-state index >= 15 is 0 Å². The lowest BCUT2D eigenvalue weighted by Gasteiger charge is -2.02. The molecule has 3 nitrogen and oxygen atoms in total. The average molecular weight is 254 g/mol. The van der Waals surface area contributed by atoms with E-state index in [0.29, 0.717) is 6.61 Å². The van der Waals surface area contributed by atoms with E-state index in [1.54, 1.807) is 6.26 Å². The first kappa shape index (κ1) is 9.27. The fourth-order valence-corrected chi connectivity index (χ4v) is 1.26. The summed E-state index contributed by atoms with van der Waals surface area (Å²) in [6.45, 7) is 0.429. The number of nitrogens with zero attached hydrogens (tertiary/aromatic N) is 1. The van der Waals surface area contributed by atoms with Gasteiger partial charge in [-0.25, -0.2) is 4.98 Å². The molecule has 0 radical (unpaired) electrons. The number of rotatable bonds is 3. The van der Waals surface area contributed by atoms with E-state index in [2.05, 4.69) is 20.9 Å². The van der Waals surface area contributed by atoms with Crippen LogP contribution in [0.2, 0.25) is 0 Å². The summed E-state index contributed by atoms with van der Waals surface area (Å²) in [6.07, 6.45) is 2.96. The predicted molar refractivity (Wildman–Crippen MR) is 55.0 cm³/mol. The Balaban J connectivity index is 1.95. The summed E-state index contributed by atoms with van der Waals surface area (Å²) in [5, 5.41) is 0. The van der Waals surface area contributed by atoms with Gasteiger partial charge in [0.1, 0.15) is 24.3 Å². The van der Waals surface area contributed by atoms with Gasteiger partial charge in [-0.05, 0) is 24.3 Å². The summed E-state index contributed by atoms with van der Waals surface area (Å²) in [4.78, 5) is 3.95. The Bertz CT molecular complexity index is 383. The van der Waals surface area contributed by atoms with Crippen molar-refractivity contribution in [3.8, 4) is 5.75 Å². The van der Waals surface area contributed by atoms with Gasteiger partial charge in [-0.3, -0.25) is 0 Å². The van der Waals surface area contributed by atoms with Crippen molar-refractivity contribution in [2.75, 3.05) is 0 Å². The van der Waals surface area contributed by atoms with Crippen molar-refractivity contribution in [1.82, 2.24) is 4.98 Å². The Labute approximate surface area is 89.8 Å². The summed E-state index contributed by atoms with van der Waals surface area (Å²) in [7, 11) is 0. The van der Waals surface area contributed by atoms with Gasteiger partial charge in [-0.1, -0.05) is 15.9 Å². The van der Waals surface area contributed by atoms with E-state index in [1.807, 2.05) is 24.3 Å². The van der Waals surface area contributed by atoms with Crippen molar-refractivity contribution < 1.29 is 9.15 Å². The number of aromatic nitrogens is 1. The van der Waals surface area contributed by atoms with E-state index in [-0.39, 0.29) is 0 Å². The van der Waals surface area contributed by atoms with Gasteiger partial charge in [-0.2, -0.15) is 0 Å². The fourth-order valence-electron chi connectivity index (χ4n) is 0.997. The lowest BCUT2D eigenvalue weighted by atomic mass is 10.3. The minimum absolute atomic E-state index is 0.429. The van der Waals surface area contributed by atoms with E-state index in [9.17, 15) is 0 Å². The standard InChI is InChI=1S/C10H8BrNO2/c11-8-1-3-10(4-2-8)14-6-9-5-13-7-12-9/h1-5,7H,6H2. The molecule has 4 heteroatoms. The van der Waals surface area contributed by atoms with Crippen molar-refractivity contribution in [2.24, 2.45) is 0 Å². The zero-order valence-electron chi connectivity index (χ0n) is 7.31. The first-order valence-electron chi connectivity index (χ1n) is 4.10. The summed E-state index contributed by atoms with van der Waals surface area (Å²) in [6, 6.07) is 7.64. The van der Waals surface area contributed by atoms with Gasteiger partial charge >= 0.3 is 0 Å². The number of oxazole rings is 1. The van der Waals surface area contributed by atoms with Crippen LogP contribution in [0.1, 0.15) is 5.69 Å². The topological polar surface area (TPSA) is 35.3 Å². The third-order valence-electron chi connectivity index (χ3n) is 1.68. The molecule has 2 aromatic rings. The van der Waals surface area contributed by atoms with Crippen molar-refractivity contribution in [3.63, 3.8) is 0 Å². The second-order valence-electron chi connectivity index (χ2n) is 2.72. The molecule has 1 aromatic heterocycles. The molecule has 0 fully saturated rings. The number of hydrogen-bond acceptors (Lipinski definition) is 3. The van der Waals surface area contributed by atoms with Crippen LogP contribution in [0.25, 0.3) is 0 Å². The van der Waals surface area contributed by atoms with E-state index in [1.165, 1.54) is 6.39 Å². The molecular weight excluding hydrogens is 246 g/mol. The molecule has 72 valence electrons. The molecule has 0 aliphatic carbocycles. The van der Waals surface area contributed by atoms with Crippen LogP contribution in [-0.2, 0) is 6.61 Å². The van der Waals surface area contributed by atoms with E-state index in [0.717, 1.165) is 15.9 Å². The van der Waals surface area contributed by atoms with Gasteiger partial charge in [0.2, 0.25) is 0 Å². The first-order valence-corrected chi connectivity index (χ1v) is 4.89. The van der Waals surface area contributed by atoms with Crippen LogP contribution in [0.15, 0.2) is 45.8 Å². The molecule has 0 saturated heterocycles. The number of halogens is 1. The number of hydrogen-bond donors (Lipinski definition) is 0. The molecule has 1 heterocycles. The number of benzene rings is 1. The maximum atomic E-state index is 5.46. The molecule has 0 atom stereocenters. The Hall–Kier alpha value is -1.29. The molecule has 0 spiro atoms. The predicted octanol–water partition coefficient (Wildman–Crippen LogP) is 3.02. The lowest BCUT2D eigenvalue weighted by molar-refractivity contribution is 0.301. The molecule has 14 heavy (non-hydrogen) atoms. The zero-order chi connectivity index (χ0) is 9.80. The highest BCUT2D eigenvalue weighted by Crippen LogP contribution is 2.16. The fraction of sp³-hybridized carbons (Fsp3) is 0.100. The maximum absolute atomic E-state index is 5.46. The van der Waals surface area contributed by atoms with Crippen molar-refractivity contribution in [3.05, 3.63) is 47.1 Å². The van der Waals surface area contributed by atoms with Crippen molar-refractivity contribution >= 4 is 15.9 Å². The van der Waals surface area contributed by atoms with Crippen LogP contribution in [0, 0.1) is 0 Å². The van der Waals surface area contributed by atoms with Crippen LogP contribution in [0.4, 0.5) is 0 Å². The summed E-state index contributed by atoms with van der Waals surface area (Å²) >= 11 is 3.35. The second-order valence-corrected chi connectivity index (χ2v) is 3.64. The lowest BCUT2D eigenvalue weighted by Crippen LogP contribution is -1.94. The van der Waals surface area contributed by atoms with Gasteiger partial charge in [-0.15, -0.1) is 0 Å². The van der Waals surface area contributed by atoms with Crippen molar-refractivity contribution in [1.29, 1.82) is 0 Å². The summed E-state index contributed by atoms with van der Waals surface area (Å²) < 4.78 is 11.3. The molecule has 2 rings (SSSR count). The van der Waals surface area contributed by atoms with Gasteiger partial charge in [0.05, 0.1) is 0 Å². The van der Waals surface area contributed by atoms with Crippen LogP contribution < -0.4 is 4.74 Å². The summed E-state index contributed by atoms with van der Waals surface area (Å²) in [5.74, 6) is 0.816. The first-order chi connectivity index (χ1) is 6.84. The molecule has 0 saturated carbocycles. The van der Waals surface area contributed by atoms with Crippen LogP contribution in [0.5, 0.6) is 5.75 Å². The highest BCUT2D eigenvalue weighted by molar-refractivity contribution is 9.10. The summed E-state index contributed by atoms with van der Waals surface area (Å²) in [5.41, 5.74) is 0.785. The van der Waals surface area contributed by atoms with Gasteiger partial charge in [0.15, 0.2) is 6.39 Å². The maximum Gasteiger partial charge on any atom is 0.180 e. The van der Waals surface area contributed by atoms with Gasteiger partial charge in [0.25, 0.3) is 0 Å². The third-order valence-corrected chi connectivity index (χ3v) is 2.21. The third kappa shape index (κ3) is 2.35. The zero-order valence-corrected chi connectivity index (χ0v) is 8.90. The Kier molecular flexibility index (Phi) is 2.84. The Morgan fingerprint density at radius 2 is 2.07 bits per heavy atom. The van der Waals surface area contributed by atoms with Gasteiger partial charge in [0, 0.05) is 4.47 Å². The minimum Gasteiger partial charge on any atom is -0.487 e. The molecule has 0 N–H and O–H groups in total. The van der Waals surface area contributed by atoms with Crippen LogP contribution >= 0.6 is 15.9 Å².